The summed E-state index contributed by atoms with van der Waals surface area (Å²) < 4.78 is 16.2. The maximum atomic E-state index is 12.6. The van der Waals surface area contributed by atoms with Crippen LogP contribution in [0.3, 0.4) is 0 Å². The molecule has 1 aromatic heterocycles. The van der Waals surface area contributed by atoms with E-state index in [1.807, 2.05) is 37.3 Å². The van der Waals surface area contributed by atoms with E-state index < -0.39 is 0 Å². The maximum Gasteiger partial charge on any atom is 0.252 e. The molecule has 1 N–H and O–H groups in total. The molecule has 1 atom stereocenters. The number of para-hydroxylation sites is 1. The topological polar surface area (TPSA) is 60.7 Å². The molecule has 0 bridgehead atoms. The van der Waals surface area contributed by atoms with Gasteiger partial charge in [0.25, 0.3) is 5.91 Å². The van der Waals surface area contributed by atoms with Crippen molar-refractivity contribution in [2.24, 2.45) is 0 Å². The van der Waals surface area contributed by atoms with Crippen LogP contribution >= 0.6 is 11.6 Å². The first-order valence-electron chi connectivity index (χ1n) is 7.74. The number of furan rings is 1. The first-order chi connectivity index (χ1) is 12.0. The first-order valence-corrected chi connectivity index (χ1v) is 8.12. The number of amides is 1. The molecule has 3 aromatic rings. The van der Waals surface area contributed by atoms with Crippen molar-refractivity contribution in [2.45, 2.75) is 13.0 Å². The normalized spacial score (nSPS) is 12.0. The highest BCUT2D eigenvalue weighted by molar-refractivity contribution is 6.32. The van der Waals surface area contributed by atoms with Gasteiger partial charge >= 0.3 is 0 Å². The number of hydrogen-bond acceptors (Lipinski definition) is 4. The van der Waals surface area contributed by atoms with Crippen molar-refractivity contribution in [1.29, 1.82) is 0 Å². The second kappa shape index (κ2) is 7.07. The third-order valence-corrected chi connectivity index (χ3v) is 4.20. The van der Waals surface area contributed by atoms with Gasteiger partial charge in [0.1, 0.15) is 11.3 Å². The van der Waals surface area contributed by atoms with Crippen LogP contribution in [0.4, 0.5) is 0 Å². The lowest BCUT2D eigenvalue weighted by atomic mass is 10.1. The molecule has 25 heavy (non-hydrogen) atoms. The number of nitrogens with one attached hydrogen (secondary N) is 1. The Labute approximate surface area is 150 Å². The van der Waals surface area contributed by atoms with Crippen molar-refractivity contribution in [3.8, 4) is 11.5 Å². The highest BCUT2D eigenvalue weighted by Crippen LogP contribution is 2.36. The van der Waals surface area contributed by atoms with Gasteiger partial charge in [-0.05, 0) is 31.2 Å². The Kier molecular flexibility index (Phi) is 4.86. The van der Waals surface area contributed by atoms with Crippen molar-refractivity contribution in [2.75, 3.05) is 14.2 Å². The van der Waals surface area contributed by atoms with Gasteiger partial charge in [-0.1, -0.05) is 29.8 Å². The summed E-state index contributed by atoms with van der Waals surface area (Å²) in [5.41, 5.74) is 1.17. The summed E-state index contributed by atoms with van der Waals surface area (Å²) in [5, 5.41) is 4.20. The van der Waals surface area contributed by atoms with Crippen molar-refractivity contribution in [3.63, 3.8) is 0 Å². The summed E-state index contributed by atoms with van der Waals surface area (Å²) in [6.07, 6.45) is 0. The summed E-state index contributed by atoms with van der Waals surface area (Å²) in [4.78, 5) is 12.6. The van der Waals surface area contributed by atoms with E-state index in [9.17, 15) is 4.79 Å². The van der Waals surface area contributed by atoms with Crippen LogP contribution in [0, 0.1) is 0 Å². The molecule has 6 heteroatoms. The highest BCUT2D eigenvalue weighted by Gasteiger charge is 2.19. The quantitative estimate of drug-likeness (QED) is 0.723. The second-order valence-corrected chi connectivity index (χ2v) is 5.98. The van der Waals surface area contributed by atoms with Crippen LogP contribution in [0.15, 0.2) is 46.9 Å². The third-order valence-electron chi connectivity index (χ3n) is 3.91. The minimum Gasteiger partial charge on any atom is -0.493 e. The van der Waals surface area contributed by atoms with E-state index in [2.05, 4.69) is 5.32 Å². The molecule has 0 saturated heterocycles. The van der Waals surface area contributed by atoms with Crippen LogP contribution in [0.2, 0.25) is 5.02 Å². The van der Waals surface area contributed by atoms with Crippen LogP contribution in [0.1, 0.15) is 29.1 Å². The molecule has 0 aliphatic heterocycles. The van der Waals surface area contributed by atoms with Gasteiger partial charge in [0.15, 0.2) is 11.5 Å². The van der Waals surface area contributed by atoms with Gasteiger partial charge in [-0.3, -0.25) is 4.79 Å². The van der Waals surface area contributed by atoms with Gasteiger partial charge in [0.05, 0.1) is 25.3 Å². The predicted octanol–water partition coefficient (Wildman–Crippen LogP) is 4.59. The van der Waals surface area contributed by atoms with Crippen molar-refractivity contribution in [3.05, 3.63) is 58.8 Å². The van der Waals surface area contributed by atoms with Crippen molar-refractivity contribution >= 4 is 28.5 Å². The summed E-state index contributed by atoms with van der Waals surface area (Å²) in [5.74, 6) is 1.19. The number of methoxy groups -OCH3 is 2. The Morgan fingerprint density at radius 1 is 1.16 bits per heavy atom. The Balaban J connectivity index is 1.82. The van der Waals surface area contributed by atoms with E-state index in [-0.39, 0.29) is 11.9 Å². The fourth-order valence-corrected chi connectivity index (χ4v) is 2.90. The van der Waals surface area contributed by atoms with Crippen molar-refractivity contribution < 1.29 is 18.7 Å². The number of carbonyl (C=O) groups excluding carboxylic acids is 1. The summed E-state index contributed by atoms with van der Waals surface area (Å²) in [7, 11) is 2.99. The smallest absolute Gasteiger partial charge is 0.252 e. The van der Waals surface area contributed by atoms with Crippen LogP contribution in [-0.2, 0) is 0 Å². The monoisotopic (exact) mass is 359 g/mol. The number of rotatable bonds is 5. The van der Waals surface area contributed by atoms with Gasteiger partial charge in [0, 0.05) is 10.9 Å². The molecule has 0 unspecified atom stereocenters. The Morgan fingerprint density at radius 3 is 2.60 bits per heavy atom. The standard InChI is InChI=1S/C19H18ClNO4/c1-11(16-9-12-6-4-5-7-15(12)25-16)21-19(22)13-8-14(20)18(24-3)17(10-13)23-2/h4-11H,1-3H3,(H,21,22)/t11-/m1/s1. The molecular formula is C19H18ClNO4. The molecule has 1 amide bonds. The van der Waals surface area contributed by atoms with Crippen LogP contribution in [0.5, 0.6) is 11.5 Å². The second-order valence-electron chi connectivity index (χ2n) is 5.58. The van der Waals surface area contributed by atoms with Gasteiger partial charge in [0.2, 0.25) is 0 Å². The molecule has 0 aliphatic rings. The average Bonchev–Trinajstić information content (AvgIpc) is 3.05. The molecule has 130 valence electrons. The Hall–Kier alpha value is -2.66. The van der Waals surface area contributed by atoms with Gasteiger partial charge in [-0.15, -0.1) is 0 Å². The van der Waals surface area contributed by atoms with E-state index in [4.69, 9.17) is 25.5 Å². The number of hydrogen-bond donors (Lipinski definition) is 1. The molecule has 5 nitrogen and oxygen atoms in total. The van der Waals surface area contributed by atoms with Crippen molar-refractivity contribution in [1.82, 2.24) is 5.32 Å². The average molecular weight is 360 g/mol. The van der Waals surface area contributed by atoms with E-state index in [1.165, 1.54) is 14.2 Å². The summed E-state index contributed by atoms with van der Waals surface area (Å²) in [6.45, 7) is 1.86. The first kappa shape index (κ1) is 17.2. The van der Waals surface area contributed by atoms with E-state index in [0.717, 1.165) is 11.0 Å². The zero-order valence-corrected chi connectivity index (χ0v) is 14.9. The lowest BCUT2D eigenvalue weighted by Crippen LogP contribution is -2.26. The number of fused-ring (bicyclic) bond motifs is 1. The molecule has 1 heterocycles. The van der Waals surface area contributed by atoms with Gasteiger partial charge in [-0.25, -0.2) is 0 Å². The molecular weight excluding hydrogens is 342 g/mol. The minimum atomic E-state index is -0.299. The zero-order chi connectivity index (χ0) is 18.0. The molecule has 0 spiro atoms. The molecule has 0 aliphatic carbocycles. The maximum absolute atomic E-state index is 12.6. The molecule has 2 aromatic carbocycles. The molecule has 0 radical (unpaired) electrons. The fourth-order valence-electron chi connectivity index (χ4n) is 2.62. The number of ether oxygens (including phenoxy) is 2. The van der Waals surface area contributed by atoms with Gasteiger partial charge < -0.3 is 19.2 Å². The SMILES string of the molecule is COc1cc(C(=O)N[C@H](C)c2cc3ccccc3o2)cc(Cl)c1OC. The minimum absolute atomic E-state index is 0.282. The molecule has 0 fully saturated rings. The van der Waals surface area contributed by atoms with Crippen LogP contribution < -0.4 is 14.8 Å². The lowest BCUT2D eigenvalue weighted by molar-refractivity contribution is 0.0935. The summed E-state index contributed by atoms with van der Waals surface area (Å²) in [6, 6.07) is 12.5. The lowest BCUT2D eigenvalue weighted by Gasteiger charge is -2.14. The number of carbonyl (C=O) groups is 1. The van der Waals surface area contributed by atoms with Crippen LogP contribution in [-0.4, -0.2) is 20.1 Å². The Bertz CT molecular complexity index is 886. The highest BCUT2D eigenvalue weighted by atomic mass is 35.5. The zero-order valence-electron chi connectivity index (χ0n) is 14.1. The van der Waals surface area contributed by atoms with Gasteiger partial charge in [-0.2, -0.15) is 0 Å². The number of halogens is 1. The predicted molar refractivity (Wildman–Crippen MR) is 96.7 cm³/mol. The third kappa shape index (κ3) is 3.42. The van der Waals surface area contributed by atoms with Crippen LogP contribution in [0.25, 0.3) is 11.0 Å². The fraction of sp³-hybridized carbons (Fsp3) is 0.211. The molecule has 3 rings (SSSR count). The summed E-state index contributed by atoms with van der Waals surface area (Å²) >= 11 is 6.16. The molecule has 0 saturated carbocycles. The largest absolute Gasteiger partial charge is 0.493 e. The van der Waals surface area contributed by atoms with E-state index >= 15 is 0 Å². The van der Waals surface area contributed by atoms with E-state index in [0.29, 0.717) is 27.8 Å². The van der Waals surface area contributed by atoms with E-state index in [1.54, 1.807) is 12.1 Å². The Morgan fingerprint density at radius 2 is 1.92 bits per heavy atom. The number of benzene rings is 2.